The number of hydrogen-bond donors (Lipinski definition) is 0. The van der Waals surface area contributed by atoms with Gasteiger partial charge in [0.1, 0.15) is 5.60 Å². The fourth-order valence-corrected chi connectivity index (χ4v) is 6.54. The van der Waals surface area contributed by atoms with E-state index in [0.717, 1.165) is 89.5 Å². The van der Waals surface area contributed by atoms with Gasteiger partial charge in [0.2, 0.25) is 0 Å². The van der Waals surface area contributed by atoms with E-state index in [1.807, 2.05) is 4.90 Å². The smallest absolute Gasteiger partial charge is 0.263 e. The predicted molar refractivity (Wildman–Crippen MR) is 105 cm³/mol. The van der Waals surface area contributed by atoms with Crippen molar-refractivity contribution in [3.8, 4) is 0 Å². The molecule has 3 fully saturated rings. The Bertz CT molecular complexity index is 684. The molecule has 0 aliphatic carbocycles. The van der Waals surface area contributed by atoms with Crippen molar-refractivity contribution in [3.05, 3.63) is 21.4 Å². The van der Waals surface area contributed by atoms with Crippen LogP contribution in [0.4, 0.5) is 0 Å². The minimum Gasteiger partial charge on any atom is -0.381 e. The van der Waals surface area contributed by atoms with Crippen molar-refractivity contribution < 1.29 is 14.3 Å². The number of rotatable bonds is 3. The summed E-state index contributed by atoms with van der Waals surface area (Å²) < 4.78 is 11.9. The van der Waals surface area contributed by atoms with Crippen LogP contribution in [-0.2, 0) is 21.5 Å². The molecule has 1 atom stereocenters. The molecule has 0 bridgehead atoms. The van der Waals surface area contributed by atoms with Gasteiger partial charge in [0.15, 0.2) is 0 Å². The molecule has 5 heterocycles. The molecule has 4 aliphatic rings. The standard InChI is InChI=1S/C21H30N2O3S/c24-20(23-7-1-2-8-23)18-13-17-4-12-26-21(19(17)27-18)5-9-22(10-6-21)14-16-3-11-25-15-16/h13,16H,1-12,14-15H2. The first-order valence-electron chi connectivity index (χ1n) is 10.6. The van der Waals surface area contributed by atoms with Crippen molar-refractivity contribution in [1.29, 1.82) is 0 Å². The first-order chi connectivity index (χ1) is 13.2. The van der Waals surface area contributed by atoms with E-state index in [1.165, 1.54) is 16.9 Å². The van der Waals surface area contributed by atoms with Crippen molar-refractivity contribution in [2.75, 3.05) is 52.5 Å². The number of amides is 1. The number of hydrogen-bond acceptors (Lipinski definition) is 5. The zero-order chi connectivity index (χ0) is 18.3. The Morgan fingerprint density at radius 2 is 2.00 bits per heavy atom. The van der Waals surface area contributed by atoms with Gasteiger partial charge >= 0.3 is 0 Å². The van der Waals surface area contributed by atoms with E-state index in [4.69, 9.17) is 9.47 Å². The van der Waals surface area contributed by atoms with E-state index in [1.54, 1.807) is 11.3 Å². The highest BCUT2D eigenvalue weighted by Crippen LogP contribution is 2.45. The van der Waals surface area contributed by atoms with Crippen molar-refractivity contribution in [2.24, 2.45) is 5.92 Å². The van der Waals surface area contributed by atoms with Gasteiger partial charge < -0.3 is 19.3 Å². The maximum Gasteiger partial charge on any atom is 0.263 e. The molecule has 6 heteroatoms. The molecule has 148 valence electrons. The molecule has 1 unspecified atom stereocenters. The van der Waals surface area contributed by atoms with Gasteiger partial charge in [-0.1, -0.05) is 0 Å². The Kier molecular flexibility index (Phi) is 5.01. The van der Waals surface area contributed by atoms with Crippen LogP contribution < -0.4 is 0 Å². The van der Waals surface area contributed by atoms with Crippen LogP contribution in [0, 0.1) is 5.92 Å². The van der Waals surface area contributed by atoms with E-state index in [9.17, 15) is 4.79 Å². The maximum atomic E-state index is 12.9. The topological polar surface area (TPSA) is 42.0 Å². The largest absolute Gasteiger partial charge is 0.381 e. The molecule has 0 N–H and O–H groups in total. The van der Waals surface area contributed by atoms with Gasteiger partial charge in [-0.3, -0.25) is 4.79 Å². The van der Waals surface area contributed by atoms with Gasteiger partial charge in [-0.25, -0.2) is 0 Å². The van der Waals surface area contributed by atoms with Crippen molar-refractivity contribution in [1.82, 2.24) is 9.80 Å². The Balaban J connectivity index is 1.30. The summed E-state index contributed by atoms with van der Waals surface area (Å²) in [7, 11) is 0. The molecule has 4 aliphatic heterocycles. The minimum absolute atomic E-state index is 0.148. The molecule has 1 aromatic rings. The second-order valence-electron chi connectivity index (χ2n) is 8.59. The molecule has 1 aromatic heterocycles. The summed E-state index contributed by atoms with van der Waals surface area (Å²) in [6.45, 7) is 7.81. The molecular weight excluding hydrogens is 360 g/mol. The number of nitrogens with zero attached hydrogens (tertiary/aromatic N) is 2. The molecular formula is C21H30N2O3S. The SMILES string of the molecule is O=C(c1cc2c(s1)C1(CCN(CC3CCOC3)CC1)OCC2)N1CCCC1. The van der Waals surface area contributed by atoms with Crippen LogP contribution in [0.3, 0.4) is 0 Å². The summed E-state index contributed by atoms with van der Waals surface area (Å²) in [5, 5.41) is 0. The summed E-state index contributed by atoms with van der Waals surface area (Å²) in [6, 6.07) is 2.17. The average molecular weight is 391 g/mol. The van der Waals surface area contributed by atoms with Gasteiger partial charge in [0.25, 0.3) is 5.91 Å². The number of likely N-dealkylation sites (tertiary alicyclic amines) is 2. The lowest BCUT2D eigenvalue weighted by atomic mass is 9.85. The summed E-state index contributed by atoms with van der Waals surface area (Å²) in [6.07, 6.45) is 6.54. The number of piperidine rings is 1. The normalized spacial score (nSPS) is 28.0. The predicted octanol–water partition coefficient (Wildman–Crippen LogP) is 2.88. The Hall–Kier alpha value is -0.950. The van der Waals surface area contributed by atoms with Crippen LogP contribution in [0.15, 0.2) is 6.07 Å². The number of fused-ring (bicyclic) bond motifs is 2. The molecule has 5 rings (SSSR count). The number of ether oxygens (including phenoxy) is 2. The zero-order valence-electron chi connectivity index (χ0n) is 16.1. The van der Waals surface area contributed by atoms with Crippen molar-refractivity contribution >= 4 is 17.2 Å². The lowest BCUT2D eigenvalue weighted by molar-refractivity contribution is -0.0963. The highest BCUT2D eigenvalue weighted by Gasteiger charge is 2.43. The third kappa shape index (κ3) is 3.46. The number of carbonyl (C=O) groups excluding carboxylic acids is 1. The monoisotopic (exact) mass is 390 g/mol. The highest BCUT2D eigenvalue weighted by molar-refractivity contribution is 7.14. The third-order valence-corrected chi connectivity index (χ3v) is 8.13. The third-order valence-electron chi connectivity index (χ3n) is 6.78. The van der Waals surface area contributed by atoms with Gasteiger partial charge in [-0.15, -0.1) is 11.3 Å². The Morgan fingerprint density at radius 3 is 2.74 bits per heavy atom. The summed E-state index contributed by atoms with van der Waals surface area (Å²) in [5.74, 6) is 0.939. The average Bonchev–Trinajstić information content (AvgIpc) is 3.45. The van der Waals surface area contributed by atoms with Crippen LogP contribution >= 0.6 is 11.3 Å². The maximum absolute atomic E-state index is 12.9. The Labute approximate surface area is 165 Å². The number of thiophene rings is 1. The molecule has 0 radical (unpaired) electrons. The van der Waals surface area contributed by atoms with Crippen LogP contribution in [0.5, 0.6) is 0 Å². The molecule has 1 amide bonds. The van der Waals surface area contributed by atoms with Crippen molar-refractivity contribution in [2.45, 2.75) is 44.1 Å². The first kappa shape index (κ1) is 18.1. The number of carbonyl (C=O) groups is 1. The van der Waals surface area contributed by atoms with E-state index in [2.05, 4.69) is 11.0 Å². The fraction of sp³-hybridized carbons (Fsp3) is 0.762. The second-order valence-corrected chi connectivity index (χ2v) is 9.64. The molecule has 1 spiro atoms. The lowest BCUT2D eigenvalue weighted by Gasteiger charge is -2.44. The molecule has 0 aromatic carbocycles. The highest BCUT2D eigenvalue weighted by atomic mass is 32.1. The lowest BCUT2D eigenvalue weighted by Crippen LogP contribution is -2.47. The minimum atomic E-state index is -0.148. The molecule has 27 heavy (non-hydrogen) atoms. The van der Waals surface area contributed by atoms with Crippen LogP contribution in [0.2, 0.25) is 0 Å². The van der Waals surface area contributed by atoms with E-state index in [0.29, 0.717) is 5.92 Å². The van der Waals surface area contributed by atoms with Gasteiger partial charge in [-0.05, 0) is 56.1 Å². The van der Waals surface area contributed by atoms with Gasteiger partial charge in [0, 0.05) is 44.2 Å². The Morgan fingerprint density at radius 1 is 1.19 bits per heavy atom. The summed E-state index contributed by atoms with van der Waals surface area (Å²) in [4.78, 5) is 19.7. The van der Waals surface area contributed by atoms with Crippen LogP contribution in [-0.4, -0.2) is 68.3 Å². The molecule has 0 saturated carbocycles. The molecule has 3 saturated heterocycles. The van der Waals surface area contributed by atoms with Crippen LogP contribution in [0.25, 0.3) is 0 Å². The van der Waals surface area contributed by atoms with Crippen molar-refractivity contribution in [3.63, 3.8) is 0 Å². The summed E-state index contributed by atoms with van der Waals surface area (Å²) in [5.41, 5.74) is 1.22. The van der Waals surface area contributed by atoms with E-state index < -0.39 is 0 Å². The van der Waals surface area contributed by atoms with E-state index in [-0.39, 0.29) is 11.5 Å². The fourth-order valence-electron chi connectivity index (χ4n) is 5.16. The first-order valence-corrected chi connectivity index (χ1v) is 11.4. The summed E-state index contributed by atoms with van der Waals surface area (Å²) >= 11 is 1.72. The van der Waals surface area contributed by atoms with Gasteiger partial charge in [0.05, 0.1) is 18.1 Å². The van der Waals surface area contributed by atoms with Gasteiger partial charge in [-0.2, -0.15) is 0 Å². The quantitative estimate of drug-likeness (QED) is 0.796. The second kappa shape index (κ2) is 7.47. The van der Waals surface area contributed by atoms with Crippen LogP contribution in [0.1, 0.15) is 52.2 Å². The van der Waals surface area contributed by atoms with E-state index >= 15 is 0 Å². The zero-order valence-corrected chi connectivity index (χ0v) is 16.9. The molecule has 5 nitrogen and oxygen atoms in total.